The number of hydrogen-bond donors (Lipinski definition) is 1. The highest BCUT2D eigenvalue weighted by Crippen LogP contribution is 2.39. The van der Waals surface area contributed by atoms with Gasteiger partial charge in [0, 0.05) is 12.0 Å². The first-order chi connectivity index (χ1) is 11.4. The number of carbonyl (C=O) groups excluding carboxylic acids is 1. The van der Waals surface area contributed by atoms with Gasteiger partial charge in [0.15, 0.2) is 9.84 Å². The van der Waals surface area contributed by atoms with E-state index in [1.165, 1.54) is 18.6 Å². The van der Waals surface area contributed by atoms with E-state index in [0.717, 1.165) is 31.2 Å². The lowest BCUT2D eigenvalue weighted by molar-refractivity contribution is -0.124. The van der Waals surface area contributed by atoms with Gasteiger partial charge in [-0.2, -0.15) is 0 Å². The molecule has 3 rings (SSSR count). The largest absolute Gasteiger partial charge is 0.355 e. The van der Waals surface area contributed by atoms with Gasteiger partial charge in [-0.15, -0.1) is 0 Å². The van der Waals surface area contributed by atoms with E-state index in [4.69, 9.17) is 0 Å². The van der Waals surface area contributed by atoms with Crippen molar-refractivity contribution in [2.24, 2.45) is 5.92 Å². The molecule has 6 heteroatoms. The average Bonchev–Trinajstić information content (AvgIpc) is 2.94. The second-order valence-electron chi connectivity index (χ2n) is 7.17. The standard InChI is InChI=1S/C18H24FNO3S/c19-16-6-4-15(5-7-16)18(9-2-1-3-10-18)13-20-17(21)14-8-11-24(22,23)12-14/h4-7,14H,1-3,8-13H2,(H,20,21). The Hall–Kier alpha value is -1.43. The monoisotopic (exact) mass is 353 g/mol. The Balaban J connectivity index is 1.71. The number of amides is 1. The first-order valence-corrected chi connectivity index (χ1v) is 10.5. The van der Waals surface area contributed by atoms with E-state index >= 15 is 0 Å². The van der Waals surface area contributed by atoms with Gasteiger partial charge in [-0.05, 0) is 37.0 Å². The van der Waals surface area contributed by atoms with E-state index in [9.17, 15) is 17.6 Å². The van der Waals surface area contributed by atoms with Crippen molar-refractivity contribution in [3.05, 3.63) is 35.6 Å². The quantitative estimate of drug-likeness (QED) is 0.905. The zero-order valence-corrected chi connectivity index (χ0v) is 14.6. The molecule has 1 aromatic carbocycles. The molecule has 1 aromatic rings. The summed E-state index contributed by atoms with van der Waals surface area (Å²) in [6, 6.07) is 6.56. The molecule has 1 atom stereocenters. The van der Waals surface area contributed by atoms with Crippen LogP contribution in [-0.2, 0) is 20.0 Å². The van der Waals surface area contributed by atoms with E-state index in [0.29, 0.717) is 13.0 Å². The maximum Gasteiger partial charge on any atom is 0.224 e. The normalized spacial score (nSPS) is 25.3. The zero-order chi connectivity index (χ0) is 17.2. The summed E-state index contributed by atoms with van der Waals surface area (Å²) in [5.74, 6) is -0.784. The lowest BCUT2D eigenvalue weighted by atomic mass is 9.69. The molecule has 1 N–H and O–H groups in total. The molecule has 2 aliphatic rings. The number of carbonyl (C=O) groups is 1. The van der Waals surface area contributed by atoms with E-state index in [-0.39, 0.29) is 28.6 Å². The molecule has 1 heterocycles. The Kier molecular flexibility index (Phi) is 4.95. The van der Waals surface area contributed by atoms with E-state index in [1.807, 2.05) is 12.1 Å². The van der Waals surface area contributed by atoms with Crippen LogP contribution in [0.3, 0.4) is 0 Å². The minimum atomic E-state index is -3.06. The van der Waals surface area contributed by atoms with E-state index in [2.05, 4.69) is 5.32 Å². The second-order valence-corrected chi connectivity index (χ2v) is 9.39. The van der Waals surface area contributed by atoms with Crippen molar-refractivity contribution in [2.75, 3.05) is 18.1 Å². The smallest absolute Gasteiger partial charge is 0.224 e. The van der Waals surface area contributed by atoms with Gasteiger partial charge in [-0.3, -0.25) is 4.79 Å². The van der Waals surface area contributed by atoms with Crippen LogP contribution in [0.5, 0.6) is 0 Å². The second kappa shape index (κ2) is 6.82. The van der Waals surface area contributed by atoms with Gasteiger partial charge in [0.25, 0.3) is 0 Å². The molecule has 2 fully saturated rings. The van der Waals surface area contributed by atoms with Gasteiger partial charge in [-0.1, -0.05) is 31.4 Å². The summed E-state index contributed by atoms with van der Waals surface area (Å²) in [4.78, 5) is 12.4. The van der Waals surface area contributed by atoms with Gasteiger partial charge in [0.05, 0.1) is 17.4 Å². The number of hydrogen-bond acceptors (Lipinski definition) is 3. The third-order valence-corrected chi connectivity index (χ3v) is 7.24. The maximum atomic E-state index is 13.2. The summed E-state index contributed by atoms with van der Waals surface area (Å²) in [6.07, 6.45) is 5.69. The highest BCUT2D eigenvalue weighted by molar-refractivity contribution is 7.91. The van der Waals surface area contributed by atoms with Crippen LogP contribution < -0.4 is 5.32 Å². The molecule has 1 aliphatic carbocycles. The predicted octanol–water partition coefficient (Wildman–Crippen LogP) is 2.58. The summed E-state index contributed by atoms with van der Waals surface area (Å²) in [5, 5.41) is 2.99. The summed E-state index contributed by atoms with van der Waals surface area (Å²) in [7, 11) is -3.06. The first kappa shape index (κ1) is 17.4. The molecule has 1 aliphatic heterocycles. The summed E-state index contributed by atoms with van der Waals surface area (Å²) >= 11 is 0. The van der Waals surface area contributed by atoms with Crippen LogP contribution in [0.1, 0.15) is 44.1 Å². The highest BCUT2D eigenvalue weighted by atomic mass is 32.2. The van der Waals surface area contributed by atoms with Crippen LogP contribution in [0.15, 0.2) is 24.3 Å². The van der Waals surface area contributed by atoms with Crippen molar-refractivity contribution in [3.63, 3.8) is 0 Å². The molecule has 132 valence electrons. The Morgan fingerprint density at radius 1 is 1.17 bits per heavy atom. The molecule has 1 saturated heterocycles. The Morgan fingerprint density at radius 3 is 2.42 bits per heavy atom. The fraction of sp³-hybridized carbons (Fsp3) is 0.611. The van der Waals surface area contributed by atoms with Gasteiger partial charge in [0.2, 0.25) is 5.91 Å². The van der Waals surface area contributed by atoms with Crippen molar-refractivity contribution in [2.45, 2.75) is 43.9 Å². The third kappa shape index (κ3) is 3.79. The lowest BCUT2D eigenvalue weighted by Gasteiger charge is -2.38. The SMILES string of the molecule is O=C(NCC1(c2ccc(F)cc2)CCCCC1)C1CCS(=O)(=O)C1. The number of nitrogens with one attached hydrogen (secondary N) is 1. The molecule has 1 unspecified atom stereocenters. The van der Waals surface area contributed by atoms with Crippen LogP contribution in [0.2, 0.25) is 0 Å². The Labute approximate surface area is 142 Å². The molecule has 0 aromatic heterocycles. The van der Waals surface area contributed by atoms with Crippen molar-refractivity contribution in [1.82, 2.24) is 5.32 Å². The predicted molar refractivity (Wildman–Crippen MR) is 90.9 cm³/mol. The average molecular weight is 353 g/mol. The first-order valence-electron chi connectivity index (χ1n) is 8.64. The van der Waals surface area contributed by atoms with Gasteiger partial charge >= 0.3 is 0 Å². The van der Waals surface area contributed by atoms with E-state index in [1.54, 1.807) is 0 Å². The fourth-order valence-electron chi connectivity index (χ4n) is 4.00. The molecule has 0 radical (unpaired) electrons. The van der Waals surface area contributed by atoms with Gasteiger partial charge in [-0.25, -0.2) is 12.8 Å². The summed E-state index contributed by atoms with van der Waals surface area (Å²) in [6.45, 7) is 0.494. The molecule has 24 heavy (non-hydrogen) atoms. The zero-order valence-electron chi connectivity index (χ0n) is 13.8. The minimum absolute atomic E-state index is 0.0393. The number of halogens is 1. The molecule has 0 spiro atoms. The van der Waals surface area contributed by atoms with Gasteiger partial charge in [0.1, 0.15) is 5.82 Å². The Bertz CT molecular complexity index is 693. The van der Waals surface area contributed by atoms with Gasteiger partial charge < -0.3 is 5.32 Å². The maximum absolute atomic E-state index is 13.2. The van der Waals surface area contributed by atoms with Crippen molar-refractivity contribution < 1.29 is 17.6 Å². The third-order valence-electron chi connectivity index (χ3n) is 5.47. The molecular weight excluding hydrogens is 329 g/mol. The van der Waals surface area contributed by atoms with Crippen molar-refractivity contribution in [3.8, 4) is 0 Å². The lowest BCUT2D eigenvalue weighted by Crippen LogP contribution is -2.44. The molecule has 1 saturated carbocycles. The molecule has 0 bridgehead atoms. The molecular formula is C18H24FNO3S. The molecule has 1 amide bonds. The van der Waals surface area contributed by atoms with Crippen LogP contribution in [0.4, 0.5) is 4.39 Å². The van der Waals surface area contributed by atoms with Crippen LogP contribution >= 0.6 is 0 Å². The Morgan fingerprint density at radius 2 is 1.83 bits per heavy atom. The summed E-state index contributed by atoms with van der Waals surface area (Å²) < 4.78 is 36.3. The number of rotatable bonds is 4. The van der Waals surface area contributed by atoms with E-state index < -0.39 is 15.8 Å². The van der Waals surface area contributed by atoms with Crippen molar-refractivity contribution >= 4 is 15.7 Å². The molecule has 4 nitrogen and oxygen atoms in total. The minimum Gasteiger partial charge on any atom is -0.355 e. The van der Waals surface area contributed by atoms with Crippen LogP contribution in [0.25, 0.3) is 0 Å². The highest BCUT2D eigenvalue weighted by Gasteiger charge is 2.37. The number of sulfone groups is 1. The topological polar surface area (TPSA) is 63.2 Å². The van der Waals surface area contributed by atoms with Crippen LogP contribution in [-0.4, -0.2) is 32.4 Å². The summed E-state index contributed by atoms with van der Waals surface area (Å²) in [5.41, 5.74) is 0.891. The number of benzene rings is 1. The van der Waals surface area contributed by atoms with Crippen molar-refractivity contribution in [1.29, 1.82) is 0 Å². The van der Waals surface area contributed by atoms with Crippen LogP contribution in [0, 0.1) is 11.7 Å². The fourth-order valence-corrected chi connectivity index (χ4v) is 5.74.